The number of aromatic nitrogens is 2. The largest absolute Gasteiger partial charge is 0.454 e. The second kappa shape index (κ2) is 7.74. The monoisotopic (exact) mass is 417 g/mol. The van der Waals surface area contributed by atoms with Crippen LogP contribution < -0.4 is 14.8 Å². The molecule has 2 heterocycles. The molecule has 30 heavy (non-hydrogen) atoms. The molecule has 1 N–H and O–H groups in total. The standard InChI is InChI=1S/C21H18F3N3O3/c1-13-10-19(27(26-13)16-5-3-2-4-15(16)21(22,23)24)25-20(28)9-7-14-6-8-17-18(11-14)30-12-29-17/h2-6,8,10-11H,7,9,12H2,1H3,(H,25,28). The number of anilines is 1. The van der Waals surface area contributed by atoms with E-state index in [4.69, 9.17) is 9.47 Å². The van der Waals surface area contributed by atoms with E-state index in [1.165, 1.54) is 24.3 Å². The quantitative estimate of drug-likeness (QED) is 0.664. The molecule has 1 aliphatic heterocycles. The van der Waals surface area contributed by atoms with Crippen LogP contribution in [0.3, 0.4) is 0 Å². The van der Waals surface area contributed by atoms with E-state index in [9.17, 15) is 18.0 Å². The molecule has 2 aromatic carbocycles. The minimum atomic E-state index is -4.54. The lowest BCUT2D eigenvalue weighted by atomic mass is 10.1. The molecule has 0 bridgehead atoms. The molecule has 0 saturated carbocycles. The predicted molar refractivity (Wildman–Crippen MR) is 103 cm³/mol. The SMILES string of the molecule is Cc1cc(NC(=O)CCc2ccc3c(c2)OCO3)n(-c2ccccc2C(F)(F)F)n1. The molecule has 0 atom stereocenters. The average Bonchev–Trinajstić information content (AvgIpc) is 3.31. The predicted octanol–water partition coefficient (Wildman–Crippen LogP) is 4.50. The van der Waals surface area contributed by atoms with Crippen molar-refractivity contribution in [3.63, 3.8) is 0 Å². The van der Waals surface area contributed by atoms with Gasteiger partial charge in [0.2, 0.25) is 12.7 Å². The number of halogens is 3. The second-order valence-electron chi connectivity index (χ2n) is 6.83. The van der Waals surface area contributed by atoms with Gasteiger partial charge in [0.1, 0.15) is 5.82 Å². The van der Waals surface area contributed by atoms with Crippen molar-refractivity contribution in [2.45, 2.75) is 25.9 Å². The highest BCUT2D eigenvalue weighted by Gasteiger charge is 2.34. The summed E-state index contributed by atoms with van der Waals surface area (Å²) < 4.78 is 51.9. The van der Waals surface area contributed by atoms with Crippen LogP contribution in [0.2, 0.25) is 0 Å². The van der Waals surface area contributed by atoms with E-state index in [1.807, 2.05) is 12.1 Å². The van der Waals surface area contributed by atoms with Crippen molar-refractivity contribution in [1.29, 1.82) is 0 Å². The summed E-state index contributed by atoms with van der Waals surface area (Å²) in [6.45, 7) is 1.82. The molecular weight excluding hydrogens is 399 g/mol. The van der Waals surface area contributed by atoms with Crippen LogP contribution in [0.4, 0.5) is 19.0 Å². The minimum Gasteiger partial charge on any atom is -0.454 e. The normalized spacial score (nSPS) is 12.8. The lowest BCUT2D eigenvalue weighted by Gasteiger charge is -2.15. The van der Waals surface area contributed by atoms with Crippen molar-refractivity contribution < 1.29 is 27.4 Å². The van der Waals surface area contributed by atoms with Gasteiger partial charge in [0.25, 0.3) is 0 Å². The lowest BCUT2D eigenvalue weighted by Crippen LogP contribution is -2.17. The van der Waals surface area contributed by atoms with Gasteiger partial charge in [0.05, 0.1) is 16.9 Å². The van der Waals surface area contributed by atoms with Crippen LogP contribution in [-0.2, 0) is 17.4 Å². The molecule has 0 aliphatic carbocycles. The smallest absolute Gasteiger partial charge is 0.418 e. The van der Waals surface area contributed by atoms with Crippen molar-refractivity contribution in [1.82, 2.24) is 9.78 Å². The van der Waals surface area contributed by atoms with Gasteiger partial charge in [-0.3, -0.25) is 4.79 Å². The summed E-state index contributed by atoms with van der Waals surface area (Å²) >= 11 is 0. The Bertz CT molecular complexity index is 1090. The molecule has 6 nitrogen and oxygen atoms in total. The van der Waals surface area contributed by atoms with E-state index in [0.717, 1.165) is 16.3 Å². The molecule has 1 aromatic heterocycles. The number of ether oxygens (including phenoxy) is 2. The van der Waals surface area contributed by atoms with Crippen LogP contribution in [0.15, 0.2) is 48.5 Å². The molecule has 0 spiro atoms. The molecule has 1 amide bonds. The number of benzene rings is 2. The fraction of sp³-hybridized carbons (Fsp3) is 0.238. The number of aryl methyl sites for hydroxylation is 2. The molecule has 1 aliphatic rings. The Morgan fingerprint density at radius 2 is 1.90 bits per heavy atom. The first kappa shape index (κ1) is 19.8. The summed E-state index contributed by atoms with van der Waals surface area (Å²) in [5.41, 5.74) is 0.396. The highest BCUT2D eigenvalue weighted by Crippen LogP contribution is 2.35. The van der Waals surface area contributed by atoms with Crippen LogP contribution in [0, 0.1) is 6.92 Å². The van der Waals surface area contributed by atoms with E-state index in [0.29, 0.717) is 23.6 Å². The average molecular weight is 417 g/mol. The van der Waals surface area contributed by atoms with E-state index < -0.39 is 11.7 Å². The van der Waals surface area contributed by atoms with Crippen molar-refractivity contribution >= 4 is 11.7 Å². The number of rotatable bonds is 5. The summed E-state index contributed by atoms with van der Waals surface area (Å²) in [6, 6.07) is 12.1. The summed E-state index contributed by atoms with van der Waals surface area (Å²) in [7, 11) is 0. The maximum absolute atomic E-state index is 13.4. The van der Waals surface area contributed by atoms with Crippen molar-refractivity contribution in [3.05, 3.63) is 65.4 Å². The topological polar surface area (TPSA) is 65.4 Å². The summed E-state index contributed by atoms with van der Waals surface area (Å²) in [4.78, 5) is 12.5. The van der Waals surface area contributed by atoms with Crippen LogP contribution in [-0.4, -0.2) is 22.5 Å². The highest BCUT2D eigenvalue weighted by molar-refractivity contribution is 5.90. The van der Waals surface area contributed by atoms with Gasteiger partial charge in [0.15, 0.2) is 11.5 Å². The summed E-state index contributed by atoms with van der Waals surface area (Å²) in [6.07, 6.45) is -3.96. The number of hydrogen-bond donors (Lipinski definition) is 1. The van der Waals surface area contributed by atoms with Gasteiger partial charge in [0, 0.05) is 12.5 Å². The number of carbonyl (C=O) groups is 1. The van der Waals surface area contributed by atoms with Gasteiger partial charge in [-0.2, -0.15) is 18.3 Å². The fourth-order valence-corrected chi connectivity index (χ4v) is 3.23. The molecule has 0 unspecified atom stereocenters. The third kappa shape index (κ3) is 4.10. The molecule has 3 aromatic rings. The Kier molecular flexibility index (Phi) is 5.11. The van der Waals surface area contributed by atoms with Gasteiger partial charge in [-0.25, -0.2) is 4.68 Å². The van der Waals surface area contributed by atoms with E-state index in [2.05, 4.69) is 10.4 Å². The third-order valence-corrected chi connectivity index (χ3v) is 4.61. The number of alkyl halides is 3. The Morgan fingerprint density at radius 3 is 2.70 bits per heavy atom. The summed E-state index contributed by atoms with van der Waals surface area (Å²) in [5.74, 6) is 1.13. The Balaban J connectivity index is 1.50. The fourth-order valence-electron chi connectivity index (χ4n) is 3.23. The van der Waals surface area contributed by atoms with Gasteiger partial charge in [-0.15, -0.1) is 0 Å². The minimum absolute atomic E-state index is 0.144. The number of amides is 1. The molecule has 4 rings (SSSR count). The second-order valence-corrected chi connectivity index (χ2v) is 6.83. The number of para-hydroxylation sites is 1. The third-order valence-electron chi connectivity index (χ3n) is 4.61. The van der Waals surface area contributed by atoms with Gasteiger partial charge in [-0.05, 0) is 43.2 Å². The first-order chi connectivity index (χ1) is 14.3. The zero-order valence-corrected chi connectivity index (χ0v) is 16.0. The van der Waals surface area contributed by atoms with Crippen molar-refractivity contribution in [2.75, 3.05) is 12.1 Å². The van der Waals surface area contributed by atoms with Gasteiger partial charge >= 0.3 is 6.18 Å². The Hall–Kier alpha value is -3.49. The molecule has 0 fully saturated rings. The van der Waals surface area contributed by atoms with Gasteiger partial charge < -0.3 is 14.8 Å². The number of fused-ring (bicyclic) bond motifs is 1. The molecule has 156 valence electrons. The summed E-state index contributed by atoms with van der Waals surface area (Å²) in [5, 5.41) is 6.81. The first-order valence-corrected chi connectivity index (χ1v) is 9.23. The molecule has 0 radical (unpaired) electrons. The van der Waals surface area contributed by atoms with Crippen molar-refractivity contribution in [2.24, 2.45) is 0 Å². The zero-order chi connectivity index (χ0) is 21.3. The van der Waals surface area contributed by atoms with Crippen LogP contribution in [0.1, 0.15) is 23.2 Å². The lowest BCUT2D eigenvalue weighted by molar-refractivity contribution is -0.137. The molecule has 9 heteroatoms. The number of carbonyl (C=O) groups excluding carboxylic acids is 1. The van der Waals surface area contributed by atoms with Gasteiger partial charge in [-0.1, -0.05) is 18.2 Å². The van der Waals surface area contributed by atoms with E-state index in [-0.39, 0.29) is 30.6 Å². The number of hydrogen-bond acceptors (Lipinski definition) is 4. The Labute approximate surface area is 170 Å². The Morgan fingerprint density at radius 1 is 1.13 bits per heavy atom. The van der Waals surface area contributed by atoms with Crippen LogP contribution >= 0.6 is 0 Å². The number of nitrogens with zero attached hydrogens (tertiary/aromatic N) is 2. The maximum atomic E-state index is 13.4. The highest BCUT2D eigenvalue weighted by atomic mass is 19.4. The zero-order valence-electron chi connectivity index (χ0n) is 16.0. The van der Waals surface area contributed by atoms with Crippen LogP contribution in [0.5, 0.6) is 11.5 Å². The molecular formula is C21H18F3N3O3. The van der Waals surface area contributed by atoms with Crippen molar-refractivity contribution in [3.8, 4) is 17.2 Å². The van der Waals surface area contributed by atoms with E-state index in [1.54, 1.807) is 13.0 Å². The number of nitrogens with one attached hydrogen (secondary N) is 1. The van der Waals surface area contributed by atoms with E-state index >= 15 is 0 Å². The maximum Gasteiger partial charge on any atom is 0.418 e. The first-order valence-electron chi connectivity index (χ1n) is 9.23. The van der Waals surface area contributed by atoms with Crippen LogP contribution in [0.25, 0.3) is 5.69 Å². The molecule has 0 saturated heterocycles.